The Balaban J connectivity index is 1.23. The van der Waals surface area contributed by atoms with Crippen LogP contribution in [0.25, 0.3) is 0 Å². The highest BCUT2D eigenvalue weighted by molar-refractivity contribution is 6.07. The molecule has 0 radical (unpaired) electrons. The number of hydrogen-bond donors (Lipinski definition) is 1. The summed E-state index contributed by atoms with van der Waals surface area (Å²) in [5, 5.41) is 2.92. The fourth-order valence-electron chi connectivity index (χ4n) is 4.89. The van der Waals surface area contributed by atoms with E-state index < -0.39 is 5.92 Å². The second-order valence-electron chi connectivity index (χ2n) is 9.25. The number of ether oxygens (including phenoxy) is 1. The molecule has 0 spiro atoms. The van der Waals surface area contributed by atoms with Crippen LogP contribution in [0.4, 0.5) is 17.1 Å². The number of piperazine rings is 1. The van der Waals surface area contributed by atoms with Gasteiger partial charge in [-0.2, -0.15) is 0 Å². The summed E-state index contributed by atoms with van der Waals surface area (Å²) in [6, 6.07) is 24.4. The van der Waals surface area contributed by atoms with E-state index in [0.29, 0.717) is 30.1 Å². The third kappa shape index (κ3) is 5.28. The van der Waals surface area contributed by atoms with Crippen molar-refractivity contribution in [3.8, 4) is 5.75 Å². The van der Waals surface area contributed by atoms with Crippen molar-refractivity contribution in [3.63, 3.8) is 0 Å². The average Bonchev–Trinajstić information content (AvgIpc) is 3.35. The molecule has 1 atom stereocenters. The summed E-state index contributed by atoms with van der Waals surface area (Å²) in [6.07, 6.45) is 0.120. The first-order valence-electron chi connectivity index (χ1n) is 12.5. The van der Waals surface area contributed by atoms with Crippen LogP contribution in [0.1, 0.15) is 16.8 Å². The van der Waals surface area contributed by atoms with Crippen LogP contribution in [0.15, 0.2) is 78.9 Å². The molecule has 8 nitrogen and oxygen atoms in total. The van der Waals surface area contributed by atoms with Gasteiger partial charge in [0.05, 0.1) is 24.3 Å². The maximum atomic E-state index is 13.4. The van der Waals surface area contributed by atoms with Crippen molar-refractivity contribution in [2.75, 3.05) is 55.0 Å². The van der Waals surface area contributed by atoms with Crippen molar-refractivity contribution in [1.29, 1.82) is 0 Å². The highest BCUT2D eigenvalue weighted by atomic mass is 16.5. The van der Waals surface area contributed by atoms with Gasteiger partial charge in [-0.1, -0.05) is 30.3 Å². The summed E-state index contributed by atoms with van der Waals surface area (Å²) in [5.41, 5.74) is 2.81. The van der Waals surface area contributed by atoms with Crippen LogP contribution >= 0.6 is 0 Å². The minimum Gasteiger partial charge on any atom is -0.497 e. The van der Waals surface area contributed by atoms with Crippen molar-refractivity contribution in [3.05, 3.63) is 84.4 Å². The summed E-state index contributed by atoms with van der Waals surface area (Å²) < 4.78 is 5.18. The SMILES string of the molecule is COc1ccc(N2CC(C(=O)Nc3ccccc3C(=O)N3CCN(c4ccccc4)CC3)CC2=O)cc1. The average molecular weight is 499 g/mol. The van der Waals surface area contributed by atoms with E-state index in [4.69, 9.17) is 4.74 Å². The van der Waals surface area contributed by atoms with E-state index in [9.17, 15) is 14.4 Å². The van der Waals surface area contributed by atoms with E-state index in [1.807, 2.05) is 35.2 Å². The Hall–Kier alpha value is -4.33. The first kappa shape index (κ1) is 24.4. The summed E-state index contributed by atoms with van der Waals surface area (Å²) in [5.74, 6) is -0.282. The number of benzene rings is 3. The van der Waals surface area contributed by atoms with Gasteiger partial charge in [0.15, 0.2) is 0 Å². The Labute approximate surface area is 216 Å². The number of rotatable bonds is 6. The molecule has 190 valence electrons. The largest absolute Gasteiger partial charge is 0.497 e. The van der Waals surface area contributed by atoms with Crippen LogP contribution < -0.4 is 19.9 Å². The molecule has 1 N–H and O–H groups in total. The Kier molecular flexibility index (Phi) is 7.07. The van der Waals surface area contributed by atoms with Gasteiger partial charge in [0.1, 0.15) is 5.75 Å². The Morgan fingerprint density at radius 3 is 2.22 bits per heavy atom. The summed E-state index contributed by atoms with van der Waals surface area (Å²) in [7, 11) is 1.59. The number of anilines is 3. The van der Waals surface area contributed by atoms with Crippen LogP contribution in [0, 0.1) is 5.92 Å². The van der Waals surface area contributed by atoms with E-state index in [-0.39, 0.29) is 30.7 Å². The Bertz CT molecular complexity index is 1270. The minimum absolute atomic E-state index is 0.106. The highest BCUT2D eigenvalue weighted by Gasteiger charge is 2.35. The predicted octanol–water partition coefficient (Wildman–Crippen LogP) is 3.65. The van der Waals surface area contributed by atoms with Crippen LogP contribution in [0.2, 0.25) is 0 Å². The molecule has 2 heterocycles. The molecule has 1 unspecified atom stereocenters. The quantitative estimate of drug-likeness (QED) is 0.561. The lowest BCUT2D eigenvalue weighted by molar-refractivity contribution is -0.122. The molecular formula is C29H30N4O4. The molecule has 8 heteroatoms. The molecule has 3 aromatic carbocycles. The van der Waals surface area contributed by atoms with Gasteiger partial charge in [0, 0.05) is 50.5 Å². The second kappa shape index (κ2) is 10.7. The number of carbonyl (C=O) groups is 3. The Morgan fingerprint density at radius 1 is 0.838 bits per heavy atom. The first-order chi connectivity index (χ1) is 18.0. The van der Waals surface area contributed by atoms with Crippen molar-refractivity contribution in [2.24, 2.45) is 5.92 Å². The second-order valence-corrected chi connectivity index (χ2v) is 9.25. The van der Waals surface area contributed by atoms with Gasteiger partial charge in [0.2, 0.25) is 11.8 Å². The maximum Gasteiger partial charge on any atom is 0.256 e. The number of hydrogen-bond acceptors (Lipinski definition) is 5. The van der Waals surface area contributed by atoms with E-state index >= 15 is 0 Å². The Morgan fingerprint density at radius 2 is 1.51 bits per heavy atom. The van der Waals surface area contributed by atoms with E-state index in [1.165, 1.54) is 0 Å². The summed E-state index contributed by atoms with van der Waals surface area (Å²) in [4.78, 5) is 44.9. The van der Waals surface area contributed by atoms with Crippen LogP contribution in [-0.4, -0.2) is 62.5 Å². The molecule has 3 aromatic rings. The molecule has 0 aliphatic carbocycles. The standard InChI is InChI=1S/C29H30N4O4/c1-37-24-13-11-23(12-14-24)33-20-21(19-27(33)34)28(35)30-26-10-6-5-9-25(26)29(36)32-17-15-31(16-18-32)22-7-3-2-4-8-22/h2-14,21H,15-20H2,1H3,(H,30,35). The molecule has 0 bridgehead atoms. The van der Waals surface area contributed by atoms with Gasteiger partial charge in [-0.15, -0.1) is 0 Å². The highest BCUT2D eigenvalue weighted by Crippen LogP contribution is 2.28. The molecule has 0 saturated carbocycles. The lowest BCUT2D eigenvalue weighted by Crippen LogP contribution is -2.49. The van der Waals surface area contributed by atoms with Crippen molar-refractivity contribution in [1.82, 2.24) is 4.90 Å². The first-order valence-corrected chi connectivity index (χ1v) is 12.5. The summed E-state index contributed by atoms with van der Waals surface area (Å²) >= 11 is 0. The maximum absolute atomic E-state index is 13.4. The van der Waals surface area contributed by atoms with Crippen molar-refractivity contribution >= 4 is 34.8 Å². The van der Waals surface area contributed by atoms with Gasteiger partial charge in [0.25, 0.3) is 5.91 Å². The molecule has 37 heavy (non-hydrogen) atoms. The molecule has 3 amide bonds. The number of nitrogens with zero attached hydrogens (tertiary/aromatic N) is 3. The van der Waals surface area contributed by atoms with Crippen molar-refractivity contribution in [2.45, 2.75) is 6.42 Å². The molecular weight excluding hydrogens is 468 g/mol. The summed E-state index contributed by atoms with van der Waals surface area (Å²) in [6.45, 7) is 2.98. The van der Waals surface area contributed by atoms with Crippen LogP contribution in [-0.2, 0) is 9.59 Å². The third-order valence-electron chi connectivity index (χ3n) is 6.98. The monoisotopic (exact) mass is 498 g/mol. The van der Waals surface area contributed by atoms with E-state index in [0.717, 1.165) is 24.5 Å². The number of carbonyl (C=O) groups excluding carboxylic acids is 3. The predicted molar refractivity (Wildman–Crippen MR) is 143 cm³/mol. The number of para-hydroxylation sites is 2. The lowest BCUT2D eigenvalue weighted by Gasteiger charge is -2.36. The molecule has 2 aliphatic heterocycles. The fourth-order valence-corrected chi connectivity index (χ4v) is 4.89. The minimum atomic E-state index is -0.507. The van der Waals surface area contributed by atoms with Gasteiger partial charge in [-0.3, -0.25) is 14.4 Å². The molecule has 0 aromatic heterocycles. The molecule has 5 rings (SSSR count). The van der Waals surface area contributed by atoms with E-state index in [2.05, 4.69) is 22.3 Å². The van der Waals surface area contributed by atoms with E-state index in [1.54, 1.807) is 48.4 Å². The zero-order valence-corrected chi connectivity index (χ0v) is 20.8. The van der Waals surface area contributed by atoms with Crippen LogP contribution in [0.3, 0.4) is 0 Å². The molecule has 2 aliphatic rings. The van der Waals surface area contributed by atoms with Gasteiger partial charge < -0.3 is 24.8 Å². The zero-order chi connectivity index (χ0) is 25.8. The zero-order valence-electron chi connectivity index (χ0n) is 20.8. The normalized spacial score (nSPS) is 17.6. The molecule has 2 saturated heterocycles. The number of nitrogens with one attached hydrogen (secondary N) is 1. The third-order valence-corrected chi connectivity index (χ3v) is 6.98. The van der Waals surface area contributed by atoms with Gasteiger partial charge >= 0.3 is 0 Å². The van der Waals surface area contributed by atoms with Gasteiger partial charge in [-0.25, -0.2) is 0 Å². The van der Waals surface area contributed by atoms with Crippen LogP contribution in [0.5, 0.6) is 5.75 Å². The lowest BCUT2D eigenvalue weighted by atomic mass is 10.1. The topological polar surface area (TPSA) is 82.2 Å². The number of methoxy groups -OCH3 is 1. The fraction of sp³-hybridized carbons (Fsp3) is 0.276. The number of amides is 3. The smallest absolute Gasteiger partial charge is 0.256 e. The van der Waals surface area contributed by atoms with Crippen molar-refractivity contribution < 1.29 is 19.1 Å². The van der Waals surface area contributed by atoms with Gasteiger partial charge in [-0.05, 0) is 48.5 Å². The molecule has 2 fully saturated rings.